The number of amides is 3. The largest absolute Gasteiger partial charge is 0.375 e. The van der Waals surface area contributed by atoms with Crippen molar-refractivity contribution in [1.29, 1.82) is 0 Å². The highest BCUT2D eigenvalue weighted by Crippen LogP contribution is 2.03. The van der Waals surface area contributed by atoms with Gasteiger partial charge >= 0.3 is 6.03 Å². The number of carbonyl (C=O) groups excluding carboxylic acids is 2. The van der Waals surface area contributed by atoms with Gasteiger partial charge in [-0.15, -0.1) is 0 Å². The number of pyridine rings is 1. The van der Waals surface area contributed by atoms with Crippen LogP contribution in [0.3, 0.4) is 0 Å². The van der Waals surface area contributed by atoms with Crippen LogP contribution in [0.25, 0.3) is 0 Å². The first kappa shape index (κ1) is 19.1. The number of anilines is 1. The number of hydrogen-bond donors (Lipinski definition) is 4. The van der Waals surface area contributed by atoms with Gasteiger partial charge in [0.05, 0.1) is 19.1 Å². The summed E-state index contributed by atoms with van der Waals surface area (Å²) in [6.45, 7) is 3.52. The first-order chi connectivity index (χ1) is 12.2. The lowest BCUT2D eigenvalue weighted by molar-refractivity contribution is -0.124. The Kier molecular flexibility index (Phi) is 8.71. The minimum Gasteiger partial charge on any atom is -0.375 e. The van der Waals surface area contributed by atoms with Crippen molar-refractivity contribution >= 4 is 17.6 Å². The van der Waals surface area contributed by atoms with E-state index in [0.29, 0.717) is 31.8 Å². The van der Waals surface area contributed by atoms with Crippen molar-refractivity contribution in [2.75, 3.05) is 38.1 Å². The van der Waals surface area contributed by atoms with Gasteiger partial charge in [-0.25, -0.2) is 4.79 Å². The van der Waals surface area contributed by atoms with Crippen molar-refractivity contribution in [3.63, 3.8) is 0 Å². The average molecular weight is 349 g/mol. The standard InChI is InChI=1S/C17H27N5O3/c23-16(12-15-13-19-10-11-25-15)20-6-2-1-3-7-21-17(24)22-14-4-8-18-9-5-14/h4-5,8-9,15,19H,1-3,6-7,10-13H2,(H,20,23)(H2,18,21,22,24). The van der Waals surface area contributed by atoms with E-state index in [-0.39, 0.29) is 18.0 Å². The number of morpholine rings is 1. The monoisotopic (exact) mass is 349 g/mol. The quantitative estimate of drug-likeness (QED) is 0.495. The van der Waals surface area contributed by atoms with Crippen LogP contribution in [0.1, 0.15) is 25.7 Å². The fourth-order valence-electron chi connectivity index (χ4n) is 2.50. The molecule has 1 aliphatic rings. The minimum absolute atomic E-state index is 0.0168. The van der Waals surface area contributed by atoms with Gasteiger partial charge in [0.2, 0.25) is 5.91 Å². The second-order valence-electron chi connectivity index (χ2n) is 5.93. The summed E-state index contributed by atoms with van der Waals surface area (Å²) in [5, 5.41) is 11.7. The van der Waals surface area contributed by atoms with E-state index in [1.165, 1.54) is 0 Å². The number of unbranched alkanes of at least 4 members (excludes halogenated alkanes) is 2. The second kappa shape index (κ2) is 11.4. The van der Waals surface area contributed by atoms with Crippen LogP contribution in [0.4, 0.5) is 10.5 Å². The SMILES string of the molecule is O=C(CC1CNCCO1)NCCCCCNC(=O)Nc1ccncc1. The molecule has 8 nitrogen and oxygen atoms in total. The summed E-state index contributed by atoms with van der Waals surface area (Å²) >= 11 is 0. The van der Waals surface area contributed by atoms with Crippen LogP contribution >= 0.6 is 0 Å². The smallest absolute Gasteiger partial charge is 0.319 e. The molecular weight excluding hydrogens is 322 g/mol. The normalized spacial score (nSPS) is 16.9. The fraction of sp³-hybridized carbons (Fsp3) is 0.588. The van der Waals surface area contributed by atoms with Crippen molar-refractivity contribution in [3.05, 3.63) is 24.5 Å². The van der Waals surface area contributed by atoms with E-state index in [0.717, 1.165) is 32.4 Å². The molecule has 1 atom stereocenters. The maximum absolute atomic E-state index is 11.8. The highest BCUT2D eigenvalue weighted by molar-refractivity contribution is 5.88. The van der Waals surface area contributed by atoms with Crippen LogP contribution in [-0.2, 0) is 9.53 Å². The lowest BCUT2D eigenvalue weighted by Gasteiger charge is -2.23. The van der Waals surface area contributed by atoms with Gasteiger partial charge in [-0.2, -0.15) is 0 Å². The van der Waals surface area contributed by atoms with Crippen LogP contribution in [0.5, 0.6) is 0 Å². The number of nitrogens with zero attached hydrogens (tertiary/aromatic N) is 1. The molecule has 1 saturated heterocycles. The summed E-state index contributed by atoms with van der Waals surface area (Å²) < 4.78 is 5.50. The molecule has 1 fully saturated rings. The Morgan fingerprint density at radius 3 is 2.64 bits per heavy atom. The van der Waals surface area contributed by atoms with Crippen molar-refractivity contribution < 1.29 is 14.3 Å². The molecule has 2 heterocycles. The van der Waals surface area contributed by atoms with Crippen molar-refractivity contribution in [2.24, 2.45) is 0 Å². The number of hydrogen-bond acceptors (Lipinski definition) is 5. The van der Waals surface area contributed by atoms with Gasteiger partial charge < -0.3 is 26.0 Å². The molecule has 1 aromatic rings. The van der Waals surface area contributed by atoms with Crippen molar-refractivity contribution in [1.82, 2.24) is 20.9 Å². The van der Waals surface area contributed by atoms with E-state index in [9.17, 15) is 9.59 Å². The number of urea groups is 1. The topological polar surface area (TPSA) is 104 Å². The molecule has 1 unspecified atom stereocenters. The van der Waals surface area contributed by atoms with E-state index >= 15 is 0 Å². The Morgan fingerprint density at radius 1 is 1.16 bits per heavy atom. The zero-order chi connectivity index (χ0) is 17.7. The van der Waals surface area contributed by atoms with Gasteiger partial charge in [-0.3, -0.25) is 9.78 Å². The minimum atomic E-state index is -0.222. The Morgan fingerprint density at radius 2 is 1.92 bits per heavy atom. The van der Waals surface area contributed by atoms with Gasteiger partial charge in [-0.1, -0.05) is 0 Å². The molecule has 1 aliphatic heterocycles. The molecule has 0 aromatic carbocycles. The summed E-state index contributed by atoms with van der Waals surface area (Å²) in [5.41, 5.74) is 0.715. The summed E-state index contributed by atoms with van der Waals surface area (Å²) in [5.74, 6) is 0.0311. The van der Waals surface area contributed by atoms with Gasteiger partial charge in [0.15, 0.2) is 0 Å². The van der Waals surface area contributed by atoms with Gasteiger partial charge in [-0.05, 0) is 31.4 Å². The lowest BCUT2D eigenvalue weighted by atomic mass is 10.2. The number of rotatable bonds is 9. The lowest BCUT2D eigenvalue weighted by Crippen LogP contribution is -2.41. The predicted molar refractivity (Wildman–Crippen MR) is 95.3 cm³/mol. The number of carbonyl (C=O) groups is 2. The van der Waals surface area contributed by atoms with Gasteiger partial charge in [0, 0.05) is 44.3 Å². The van der Waals surface area contributed by atoms with Gasteiger partial charge in [0.25, 0.3) is 0 Å². The van der Waals surface area contributed by atoms with E-state index in [1.54, 1.807) is 24.5 Å². The van der Waals surface area contributed by atoms with E-state index in [1.807, 2.05) is 0 Å². The Bertz CT molecular complexity index is 520. The molecule has 0 bridgehead atoms. The first-order valence-electron chi connectivity index (χ1n) is 8.78. The maximum atomic E-state index is 11.8. The van der Waals surface area contributed by atoms with Gasteiger partial charge in [0.1, 0.15) is 0 Å². The molecule has 0 saturated carbocycles. The zero-order valence-corrected chi connectivity index (χ0v) is 14.4. The molecule has 138 valence electrons. The number of aromatic nitrogens is 1. The van der Waals surface area contributed by atoms with Crippen LogP contribution in [-0.4, -0.2) is 55.8 Å². The molecule has 0 aliphatic carbocycles. The third-order valence-corrected chi connectivity index (χ3v) is 3.82. The van der Waals surface area contributed by atoms with Crippen molar-refractivity contribution in [2.45, 2.75) is 31.8 Å². The van der Waals surface area contributed by atoms with E-state index in [2.05, 4.69) is 26.3 Å². The summed E-state index contributed by atoms with van der Waals surface area (Å²) in [4.78, 5) is 27.3. The van der Waals surface area contributed by atoms with E-state index < -0.39 is 0 Å². The highest BCUT2D eigenvalue weighted by Gasteiger charge is 2.16. The maximum Gasteiger partial charge on any atom is 0.319 e. The fourth-order valence-corrected chi connectivity index (χ4v) is 2.50. The molecule has 3 amide bonds. The first-order valence-corrected chi connectivity index (χ1v) is 8.78. The summed E-state index contributed by atoms with van der Waals surface area (Å²) in [7, 11) is 0. The number of ether oxygens (including phenoxy) is 1. The Balaban J connectivity index is 1.42. The Hall–Kier alpha value is -2.19. The summed E-state index contributed by atoms with van der Waals surface area (Å²) in [6, 6.07) is 3.24. The van der Waals surface area contributed by atoms with Crippen LogP contribution in [0.15, 0.2) is 24.5 Å². The third kappa shape index (κ3) is 8.46. The molecule has 4 N–H and O–H groups in total. The second-order valence-corrected chi connectivity index (χ2v) is 5.93. The van der Waals surface area contributed by atoms with Crippen molar-refractivity contribution in [3.8, 4) is 0 Å². The van der Waals surface area contributed by atoms with Crippen LogP contribution in [0, 0.1) is 0 Å². The summed E-state index contributed by atoms with van der Waals surface area (Å²) in [6.07, 6.45) is 6.35. The predicted octanol–water partition coefficient (Wildman–Crippen LogP) is 0.868. The molecule has 0 spiro atoms. The molecule has 2 rings (SSSR count). The molecule has 25 heavy (non-hydrogen) atoms. The molecule has 0 radical (unpaired) electrons. The number of nitrogens with one attached hydrogen (secondary N) is 4. The molecule has 1 aromatic heterocycles. The molecular formula is C17H27N5O3. The van der Waals surface area contributed by atoms with Crippen LogP contribution in [0.2, 0.25) is 0 Å². The van der Waals surface area contributed by atoms with E-state index in [4.69, 9.17) is 4.74 Å². The average Bonchev–Trinajstić information content (AvgIpc) is 2.62. The zero-order valence-electron chi connectivity index (χ0n) is 14.4. The third-order valence-electron chi connectivity index (χ3n) is 3.82. The molecule has 8 heteroatoms. The Labute approximate surface area is 148 Å². The van der Waals surface area contributed by atoms with Crippen LogP contribution < -0.4 is 21.3 Å². The highest BCUT2D eigenvalue weighted by atomic mass is 16.5.